The number of phenols is 1. The molecule has 0 heterocycles. The zero-order valence-corrected chi connectivity index (χ0v) is 24.9. The summed E-state index contributed by atoms with van der Waals surface area (Å²) in [6.45, 7) is 7.29. The summed E-state index contributed by atoms with van der Waals surface area (Å²) in [5, 5.41) is 38.3. The number of carbonyl (C=O) groups excluding carboxylic acids is 1. The molecule has 236 valence electrons. The topological polar surface area (TPSA) is 153 Å². The molecule has 0 aliphatic carbocycles. The van der Waals surface area contributed by atoms with Crippen LogP contribution in [0.4, 0.5) is 4.79 Å². The van der Waals surface area contributed by atoms with Crippen molar-refractivity contribution in [3.05, 3.63) is 59.7 Å². The Labute approximate surface area is 247 Å². The number of ether oxygens (including phenoxy) is 6. The highest BCUT2D eigenvalue weighted by atomic mass is 16.7. The van der Waals surface area contributed by atoms with Crippen LogP contribution in [0.1, 0.15) is 38.8 Å². The van der Waals surface area contributed by atoms with Crippen molar-refractivity contribution < 1.29 is 53.6 Å². The molecule has 11 heteroatoms. The highest BCUT2D eigenvalue weighted by Crippen LogP contribution is 2.22. The Morgan fingerprint density at radius 1 is 0.667 bits per heavy atom. The Morgan fingerprint density at radius 2 is 1.07 bits per heavy atom. The van der Waals surface area contributed by atoms with E-state index in [0.29, 0.717) is 12.2 Å². The van der Waals surface area contributed by atoms with Gasteiger partial charge in [0.2, 0.25) is 0 Å². The molecule has 2 aromatic carbocycles. The van der Waals surface area contributed by atoms with E-state index in [1.807, 2.05) is 24.3 Å². The van der Waals surface area contributed by atoms with Crippen molar-refractivity contribution in [1.82, 2.24) is 0 Å². The average molecular weight is 595 g/mol. The summed E-state index contributed by atoms with van der Waals surface area (Å²) in [5.41, 5.74) is 1.23. The minimum atomic E-state index is -0.871. The SMILES string of the molecule is CC(O)COCC(COCC(C)O)(COCC(C)O)COCC(C)OC(=O)Oc1ccc(Cc2ccc(O)cc2)cc1. The summed E-state index contributed by atoms with van der Waals surface area (Å²) >= 11 is 0. The fraction of sp³-hybridized carbons (Fsp3) is 0.581. The predicted molar refractivity (Wildman–Crippen MR) is 155 cm³/mol. The summed E-state index contributed by atoms with van der Waals surface area (Å²) in [6.07, 6.45) is -2.86. The zero-order valence-electron chi connectivity index (χ0n) is 24.9. The van der Waals surface area contributed by atoms with E-state index in [2.05, 4.69) is 0 Å². The molecule has 4 unspecified atom stereocenters. The molecule has 2 rings (SSSR count). The number of rotatable bonds is 20. The molecule has 0 saturated heterocycles. The Bertz CT molecular complexity index is 971. The first-order chi connectivity index (χ1) is 20.0. The Kier molecular flexibility index (Phi) is 15.8. The molecule has 0 amide bonds. The second-order valence-corrected chi connectivity index (χ2v) is 10.9. The molecule has 0 aromatic heterocycles. The van der Waals surface area contributed by atoms with Crippen molar-refractivity contribution in [2.45, 2.75) is 58.5 Å². The van der Waals surface area contributed by atoms with Gasteiger partial charge in [-0.15, -0.1) is 0 Å². The summed E-state index contributed by atoms with van der Waals surface area (Å²) < 4.78 is 33.6. The summed E-state index contributed by atoms with van der Waals surface area (Å²) in [5.74, 6) is 0.549. The van der Waals surface area contributed by atoms with Gasteiger partial charge >= 0.3 is 6.16 Å². The maximum Gasteiger partial charge on any atom is 0.514 e. The van der Waals surface area contributed by atoms with E-state index in [1.165, 1.54) is 0 Å². The van der Waals surface area contributed by atoms with Gasteiger partial charge in [0.1, 0.15) is 17.6 Å². The molecule has 0 aliphatic heterocycles. The van der Waals surface area contributed by atoms with Crippen molar-refractivity contribution >= 4 is 6.16 Å². The summed E-state index contributed by atoms with van der Waals surface area (Å²) in [6, 6.07) is 14.0. The van der Waals surface area contributed by atoms with Crippen LogP contribution in [0, 0.1) is 5.41 Å². The van der Waals surface area contributed by atoms with Gasteiger partial charge in [-0.25, -0.2) is 4.79 Å². The standard InChI is InChI=1S/C31H46O11/c1-22(32)14-37-18-31(19-38-15-23(2)33,20-39-16-24(3)34)21-40-17-25(4)41-30(36)42-29-11-7-27(8-12-29)13-26-5-9-28(35)10-6-26/h5-12,22-25,32-35H,13-21H2,1-4H3. The number of hydrogen-bond donors (Lipinski definition) is 4. The number of benzene rings is 2. The fourth-order valence-corrected chi connectivity index (χ4v) is 3.87. The number of phenolic OH excluding ortho intramolecular Hbond substituents is 1. The Balaban J connectivity index is 1.89. The molecule has 0 fully saturated rings. The monoisotopic (exact) mass is 594 g/mol. The van der Waals surface area contributed by atoms with Crippen LogP contribution in [0.5, 0.6) is 11.5 Å². The lowest BCUT2D eigenvalue weighted by molar-refractivity contribution is -0.129. The first kappa shape index (κ1) is 35.4. The minimum Gasteiger partial charge on any atom is -0.508 e. The molecule has 4 atom stereocenters. The molecule has 0 saturated carbocycles. The number of hydrogen-bond acceptors (Lipinski definition) is 11. The van der Waals surface area contributed by atoms with Crippen molar-refractivity contribution in [2.75, 3.05) is 52.9 Å². The summed E-state index contributed by atoms with van der Waals surface area (Å²) in [4.78, 5) is 12.4. The molecule has 4 N–H and O–H groups in total. The molecule has 0 aliphatic rings. The number of carbonyl (C=O) groups is 1. The van der Waals surface area contributed by atoms with Crippen molar-refractivity contribution in [3.8, 4) is 11.5 Å². The second-order valence-electron chi connectivity index (χ2n) is 10.9. The van der Waals surface area contributed by atoms with E-state index in [4.69, 9.17) is 28.4 Å². The van der Waals surface area contributed by atoms with Crippen molar-refractivity contribution in [2.24, 2.45) is 5.41 Å². The molecule has 2 aromatic rings. The van der Waals surface area contributed by atoms with Gasteiger partial charge in [0.15, 0.2) is 0 Å². The third kappa shape index (κ3) is 14.9. The van der Waals surface area contributed by atoms with Crippen LogP contribution < -0.4 is 4.74 Å². The largest absolute Gasteiger partial charge is 0.514 e. The number of aromatic hydroxyl groups is 1. The van der Waals surface area contributed by atoms with E-state index in [-0.39, 0.29) is 58.6 Å². The molecular formula is C31H46O11. The van der Waals surface area contributed by atoms with Gasteiger partial charge in [-0.3, -0.25) is 0 Å². The summed E-state index contributed by atoms with van der Waals surface area (Å²) in [7, 11) is 0. The van der Waals surface area contributed by atoms with Gasteiger partial charge in [-0.05, 0) is 69.5 Å². The first-order valence-corrected chi connectivity index (χ1v) is 14.1. The lowest BCUT2D eigenvalue weighted by atomic mass is 9.92. The van der Waals surface area contributed by atoms with Crippen LogP contribution >= 0.6 is 0 Å². The normalized spacial score (nSPS) is 15.8. The van der Waals surface area contributed by atoms with Crippen molar-refractivity contribution in [1.29, 1.82) is 0 Å². The first-order valence-electron chi connectivity index (χ1n) is 14.1. The highest BCUT2D eigenvalue weighted by Gasteiger charge is 2.33. The van der Waals surface area contributed by atoms with Gasteiger partial charge in [-0.2, -0.15) is 0 Å². The molecule has 42 heavy (non-hydrogen) atoms. The van der Waals surface area contributed by atoms with Gasteiger partial charge in [-0.1, -0.05) is 24.3 Å². The zero-order chi connectivity index (χ0) is 31.0. The molecule has 11 nitrogen and oxygen atoms in total. The van der Waals surface area contributed by atoms with Crippen LogP contribution in [0.25, 0.3) is 0 Å². The predicted octanol–water partition coefficient (Wildman–Crippen LogP) is 3.08. The van der Waals surface area contributed by atoms with E-state index in [0.717, 1.165) is 11.1 Å². The van der Waals surface area contributed by atoms with E-state index >= 15 is 0 Å². The van der Waals surface area contributed by atoms with Crippen LogP contribution in [0.2, 0.25) is 0 Å². The number of aliphatic hydroxyl groups excluding tert-OH is 3. The van der Waals surface area contributed by atoms with Gasteiger partial charge in [0.25, 0.3) is 0 Å². The molecule has 0 radical (unpaired) electrons. The van der Waals surface area contributed by atoms with Gasteiger partial charge in [0, 0.05) is 0 Å². The quantitative estimate of drug-likeness (QED) is 0.132. The molecule has 0 spiro atoms. The van der Waals surface area contributed by atoms with E-state index in [9.17, 15) is 25.2 Å². The van der Waals surface area contributed by atoms with Crippen molar-refractivity contribution in [3.63, 3.8) is 0 Å². The lowest BCUT2D eigenvalue weighted by Gasteiger charge is -2.33. The van der Waals surface area contributed by atoms with Crippen LogP contribution in [0.3, 0.4) is 0 Å². The second kappa shape index (κ2) is 18.7. The van der Waals surface area contributed by atoms with Gasteiger partial charge in [0.05, 0.1) is 76.6 Å². The fourth-order valence-electron chi connectivity index (χ4n) is 3.87. The van der Waals surface area contributed by atoms with Crippen LogP contribution in [0.15, 0.2) is 48.5 Å². The molecular weight excluding hydrogens is 548 g/mol. The Hall–Kier alpha value is -2.77. The minimum absolute atomic E-state index is 0.0472. The smallest absolute Gasteiger partial charge is 0.508 e. The van der Waals surface area contributed by atoms with Crippen LogP contribution in [-0.4, -0.2) is 104 Å². The average Bonchev–Trinajstić information content (AvgIpc) is 2.90. The lowest BCUT2D eigenvalue weighted by Crippen LogP contribution is -2.43. The number of aliphatic hydroxyl groups is 3. The van der Waals surface area contributed by atoms with E-state index < -0.39 is 36.0 Å². The highest BCUT2D eigenvalue weighted by molar-refractivity contribution is 5.64. The van der Waals surface area contributed by atoms with E-state index in [1.54, 1.807) is 52.0 Å². The Morgan fingerprint density at radius 3 is 1.50 bits per heavy atom. The van der Waals surface area contributed by atoms with Crippen LogP contribution in [-0.2, 0) is 30.1 Å². The third-order valence-corrected chi connectivity index (χ3v) is 5.83. The van der Waals surface area contributed by atoms with Gasteiger partial charge < -0.3 is 48.8 Å². The molecule has 0 bridgehead atoms. The maximum atomic E-state index is 12.4. The maximum absolute atomic E-state index is 12.4. The third-order valence-electron chi connectivity index (χ3n) is 5.83.